The van der Waals surface area contributed by atoms with Gasteiger partial charge in [0.05, 0.1) is 11.8 Å². The fourth-order valence-electron chi connectivity index (χ4n) is 0.952. The summed E-state index contributed by atoms with van der Waals surface area (Å²) in [7, 11) is 0. The largest absolute Gasteiger partial charge is 0.338 e. The first-order valence-electron chi connectivity index (χ1n) is 4.52. The maximum atomic E-state index is 5.98. The molecule has 1 rings (SSSR count). The highest BCUT2D eigenvalue weighted by Crippen LogP contribution is 2.29. The zero-order valence-corrected chi connectivity index (χ0v) is 9.89. The quantitative estimate of drug-likeness (QED) is 0.835. The average molecular weight is 215 g/mol. The predicted octanol–water partition coefficient (Wildman–Crippen LogP) is 1.98. The molecule has 14 heavy (non-hydrogen) atoms. The van der Waals surface area contributed by atoms with Crippen molar-refractivity contribution >= 4 is 11.8 Å². The Labute approximate surface area is 88.6 Å². The van der Waals surface area contributed by atoms with E-state index < -0.39 is 0 Å². The SMILES string of the molecule is CSCc1noc(C(N)C(C)(C)C)n1. The third kappa shape index (κ3) is 2.72. The van der Waals surface area contributed by atoms with Gasteiger partial charge in [0.25, 0.3) is 0 Å². The van der Waals surface area contributed by atoms with Gasteiger partial charge in [-0.1, -0.05) is 25.9 Å². The van der Waals surface area contributed by atoms with Crippen molar-refractivity contribution in [2.24, 2.45) is 11.1 Å². The minimum absolute atomic E-state index is 0.0524. The first-order valence-corrected chi connectivity index (χ1v) is 5.91. The van der Waals surface area contributed by atoms with Crippen molar-refractivity contribution in [1.82, 2.24) is 10.1 Å². The highest BCUT2D eigenvalue weighted by Gasteiger charge is 2.27. The summed E-state index contributed by atoms with van der Waals surface area (Å²) in [5.74, 6) is 2.01. The Morgan fingerprint density at radius 2 is 2.14 bits per heavy atom. The molecule has 5 heteroatoms. The van der Waals surface area contributed by atoms with Crippen LogP contribution in [0.4, 0.5) is 0 Å². The summed E-state index contributed by atoms with van der Waals surface area (Å²) < 4.78 is 5.11. The molecule has 1 aromatic heterocycles. The monoisotopic (exact) mass is 215 g/mol. The molecule has 1 unspecified atom stereocenters. The van der Waals surface area contributed by atoms with E-state index >= 15 is 0 Å². The number of hydrogen-bond donors (Lipinski definition) is 1. The van der Waals surface area contributed by atoms with Gasteiger partial charge in [0.2, 0.25) is 5.89 Å². The summed E-state index contributed by atoms with van der Waals surface area (Å²) in [6, 6.07) is -0.203. The summed E-state index contributed by atoms with van der Waals surface area (Å²) in [5.41, 5.74) is 5.93. The molecular formula is C9H17N3OS. The molecule has 0 saturated heterocycles. The molecule has 0 bridgehead atoms. The van der Waals surface area contributed by atoms with E-state index in [0.29, 0.717) is 11.7 Å². The van der Waals surface area contributed by atoms with Gasteiger partial charge in [-0.2, -0.15) is 16.7 Å². The molecular weight excluding hydrogens is 198 g/mol. The molecule has 1 aromatic rings. The van der Waals surface area contributed by atoms with Gasteiger partial charge in [-0.05, 0) is 11.7 Å². The Morgan fingerprint density at radius 3 is 2.64 bits per heavy atom. The zero-order valence-electron chi connectivity index (χ0n) is 9.07. The van der Waals surface area contributed by atoms with Gasteiger partial charge < -0.3 is 10.3 Å². The Hall–Kier alpha value is -0.550. The molecule has 0 aliphatic carbocycles. The van der Waals surface area contributed by atoms with E-state index in [1.807, 2.05) is 6.26 Å². The topological polar surface area (TPSA) is 64.9 Å². The second-order valence-corrected chi connectivity index (χ2v) is 5.19. The van der Waals surface area contributed by atoms with Crippen LogP contribution in [-0.2, 0) is 5.75 Å². The van der Waals surface area contributed by atoms with Crippen molar-refractivity contribution in [1.29, 1.82) is 0 Å². The van der Waals surface area contributed by atoms with Gasteiger partial charge in [0, 0.05) is 0 Å². The first kappa shape index (κ1) is 11.5. The summed E-state index contributed by atoms with van der Waals surface area (Å²) in [6.07, 6.45) is 2.00. The maximum Gasteiger partial charge on any atom is 0.244 e. The van der Waals surface area contributed by atoms with Gasteiger partial charge in [-0.15, -0.1) is 0 Å². The second kappa shape index (κ2) is 4.31. The normalized spacial score (nSPS) is 14.4. The van der Waals surface area contributed by atoms with Crippen LogP contribution < -0.4 is 5.73 Å². The fraction of sp³-hybridized carbons (Fsp3) is 0.778. The van der Waals surface area contributed by atoms with Crippen LogP contribution in [0.25, 0.3) is 0 Å². The van der Waals surface area contributed by atoms with Crippen molar-refractivity contribution in [3.05, 3.63) is 11.7 Å². The fourth-order valence-corrected chi connectivity index (χ4v) is 1.33. The van der Waals surface area contributed by atoms with Crippen molar-refractivity contribution < 1.29 is 4.52 Å². The van der Waals surface area contributed by atoms with E-state index in [0.717, 1.165) is 5.75 Å². The highest BCUT2D eigenvalue weighted by molar-refractivity contribution is 7.97. The molecule has 0 radical (unpaired) electrons. The lowest BCUT2D eigenvalue weighted by Gasteiger charge is -2.23. The lowest BCUT2D eigenvalue weighted by molar-refractivity contribution is 0.252. The number of aromatic nitrogens is 2. The smallest absolute Gasteiger partial charge is 0.244 e. The van der Waals surface area contributed by atoms with Gasteiger partial charge in [-0.25, -0.2) is 0 Å². The number of nitrogens with zero attached hydrogens (tertiary/aromatic N) is 2. The van der Waals surface area contributed by atoms with Crippen LogP contribution in [-0.4, -0.2) is 16.4 Å². The number of hydrogen-bond acceptors (Lipinski definition) is 5. The van der Waals surface area contributed by atoms with Crippen LogP contribution in [0.1, 0.15) is 38.5 Å². The molecule has 1 atom stereocenters. The van der Waals surface area contributed by atoms with Crippen molar-refractivity contribution in [3.63, 3.8) is 0 Å². The Morgan fingerprint density at radius 1 is 1.50 bits per heavy atom. The summed E-state index contributed by atoms with van der Waals surface area (Å²) in [4.78, 5) is 4.24. The van der Waals surface area contributed by atoms with Gasteiger partial charge in [0.15, 0.2) is 5.82 Å². The third-order valence-corrected chi connectivity index (χ3v) is 2.50. The van der Waals surface area contributed by atoms with E-state index in [1.54, 1.807) is 11.8 Å². The van der Waals surface area contributed by atoms with Crippen LogP contribution in [0.2, 0.25) is 0 Å². The lowest BCUT2D eigenvalue weighted by Crippen LogP contribution is -2.26. The van der Waals surface area contributed by atoms with Crippen LogP contribution in [0.3, 0.4) is 0 Å². The van der Waals surface area contributed by atoms with E-state index in [-0.39, 0.29) is 11.5 Å². The third-order valence-electron chi connectivity index (χ3n) is 1.96. The predicted molar refractivity (Wildman–Crippen MR) is 57.9 cm³/mol. The van der Waals surface area contributed by atoms with Gasteiger partial charge in [-0.3, -0.25) is 0 Å². The molecule has 0 fully saturated rings. The molecule has 2 N–H and O–H groups in total. The van der Waals surface area contributed by atoms with Gasteiger partial charge >= 0.3 is 0 Å². The van der Waals surface area contributed by atoms with Gasteiger partial charge in [0.1, 0.15) is 0 Å². The summed E-state index contributed by atoms with van der Waals surface area (Å²) >= 11 is 1.66. The molecule has 80 valence electrons. The van der Waals surface area contributed by atoms with Crippen LogP contribution in [0.15, 0.2) is 4.52 Å². The Bertz CT molecular complexity index is 292. The molecule has 0 aliphatic heterocycles. The summed E-state index contributed by atoms with van der Waals surface area (Å²) in [5, 5.41) is 3.85. The Kier molecular flexibility index (Phi) is 3.55. The molecule has 0 spiro atoms. The molecule has 4 nitrogen and oxygen atoms in total. The summed E-state index contributed by atoms with van der Waals surface area (Å²) in [6.45, 7) is 6.16. The minimum atomic E-state index is -0.203. The van der Waals surface area contributed by atoms with Crippen molar-refractivity contribution in [2.75, 3.05) is 6.26 Å². The van der Waals surface area contributed by atoms with Crippen LogP contribution in [0.5, 0.6) is 0 Å². The molecule has 0 amide bonds. The van der Waals surface area contributed by atoms with Crippen LogP contribution >= 0.6 is 11.8 Å². The molecule has 0 aliphatic rings. The number of rotatable bonds is 3. The highest BCUT2D eigenvalue weighted by atomic mass is 32.2. The molecule has 0 aromatic carbocycles. The first-order chi connectivity index (χ1) is 6.45. The number of thioether (sulfide) groups is 1. The van der Waals surface area contributed by atoms with Crippen molar-refractivity contribution in [2.45, 2.75) is 32.6 Å². The van der Waals surface area contributed by atoms with Crippen molar-refractivity contribution in [3.8, 4) is 0 Å². The van der Waals surface area contributed by atoms with E-state index in [4.69, 9.17) is 10.3 Å². The number of nitrogens with two attached hydrogens (primary N) is 1. The standard InChI is InChI=1S/C9H17N3OS/c1-9(2,3)7(10)8-11-6(5-14-4)12-13-8/h7H,5,10H2,1-4H3. The van der Waals surface area contributed by atoms with Crippen LogP contribution in [0, 0.1) is 5.41 Å². The second-order valence-electron chi connectivity index (χ2n) is 4.33. The minimum Gasteiger partial charge on any atom is -0.338 e. The van der Waals surface area contributed by atoms with E-state index in [1.165, 1.54) is 0 Å². The lowest BCUT2D eigenvalue weighted by atomic mass is 9.87. The molecule has 0 saturated carbocycles. The maximum absolute atomic E-state index is 5.98. The molecule has 1 heterocycles. The van der Waals surface area contributed by atoms with E-state index in [2.05, 4.69) is 30.9 Å². The zero-order chi connectivity index (χ0) is 10.8. The Balaban J connectivity index is 2.76. The average Bonchev–Trinajstić information content (AvgIpc) is 2.50. The van der Waals surface area contributed by atoms with E-state index in [9.17, 15) is 0 Å².